The van der Waals surface area contributed by atoms with Gasteiger partial charge in [-0.3, -0.25) is 9.59 Å². The zero-order valence-electron chi connectivity index (χ0n) is 13.1. The lowest BCUT2D eigenvalue weighted by molar-refractivity contribution is -0.128. The molecule has 0 aliphatic carbocycles. The van der Waals surface area contributed by atoms with Gasteiger partial charge in [0.15, 0.2) is 0 Å². The Hall–Kier alpha value is -2.18. The standard InChI is InChI=1S/C15H23N5O2/c1-11(2)19-13(21)9-18-14(22)12-5-3-8-20(10-12)15-16-6-4-7-17-15/h4,6-7,11-12H,3,5,8-10H2,1-2H3,(H,18,22)(H,19,21). The number of hydrogen-bond acceptors (Lipinski definition) is 5. The average Bonchev–Trinajstić information content (AvgIpc) is 2.53. The Labute approximate surface area is 130 Å². The molecule has 2 N–H and O–H groups in total. The minimum atomic E-state index is -0.164. The molecule has 1 aliphatic heterocycles. The van der Waals surface area contributed by atoms with E-state index in [0.717, 1.165) is 19.4 Å². The van der Waals surface area contributed by atoms with Crippen molar-refractivity contribution >= 4 is 17.8 Å². The van der Waals surface area contributed by atoms with Gasteiger partial charge >= 0.3 is 0 Å². The summed E-state index contributed by atoms with van der Waals surface area (Å²) in [7, 11) is 0. The molecule has 7 heteroatoms. The van der Waals surface area contributed by atoms with Crippen molar-refractivity contribution in [2.24, 2.45) is 5.92 Å². The van der Waals surface area contributed by atoms with E-state index in [0.29, 0.717) is 12.5 Å². The van der Waals surface area contributed by atoms with Crippen molar-refractivity contribution in [1.29, 1.82) is 0 Å². The zero-order chi connectivity index (χ0) is 15.9. The summed E-state index contributed by atoms with van der Waals surface area (Å²) in [6.45, 7) is 5.23. The molecule has 0 spiro atoms. The Morgan fingerprint density at radius 1 is 1.36 bits per heavy atom. The van der Waals surface area contributed by atoms with Crippen molar-refractivity contribution in [2.75, 3.05) is 24.5 Å². The molecular weight excluding hydrogens is 282 g/mol. The average molecular weight is 305 g/mol. The second-order valence-corrected chi connectivity index (χ2v) is 5.77. The Balaban J connectivity index is 1.84. The summed E-state index contributed by atoms with van der Waals surface area (Å²) in [6, 6.07) is 1.84. The smallest absolute Gasteiger partial charge is 0.239 e. The van der Waals surface area contributed by atoms with Crippen molar-refractivity contribution in [1.82, 2.24) is 20.6 Å². The number of piperidine rings is 1. The van der Waals surface area contributed by atoms with Crippen LogP contribution in [0.1, 0.15) is 26.7 Å². The van der Waals surface area contributed by atoms with E-state index in [2.05, 4.69) is 20.6 Å². The second kappa shape index (κ2) is 7.72. The van der Waals surface area contributed by atoms with E-state index in [9.17, 15) is 9.59 Å². The minimum absolute atomic E-state index is 0.0232. The van der Waals surface area contributed by atoms with Gasteiger partial charge in [0.05, 0.1) is 12.5 Å². The molecule has 1 aromatic heterocycles. The summed E-state index contributed by atoms with van der Waals surface area (Å²) in [5, 5.41) is 5.46. The van der Waals surface area contributed by atoms with Crippen molar-refractivity contribution < 1.29 is 9.59 Å². The first-order valence-electron chi connectivity index (χ1n) is 7.65. The van der Waals surface area contributed by atoms with Crippen LogP contribution in [0.25, 0.3) is 0 Å². The fourth-order valence-corrected chi connectivity index (χ4v) is 2.51. The van der Waals surface area contributed by atoms with Crippen LogP contribution in [0.3, 0.4) is 0 Å². The van der Waals surface area contributed by atoms with E-state index in [1.807, 2.05) is 18.7 Å². The number of aromatic nitrogens is 2. The third-order valence-corrected chi connectivity index (χ3v) is 3.50. The lowest BCUT2D eigenvalue weighted by atomic mass is 9.97. The molecule has 2 rings (SSSR count). The fraction of sp³-hybridized carbons (Fsp3) is 0.600. The van der Waals surface area contributed by atoms with E-state index in [4.69, 9.17) is 0 Å². The topological polar surface area (TPSA) is 87.2 Å². The molecular formula is C15H23N5O2. The quantitative estimate of drug-likeness (QED) is 0.819. The van der Waals surface area contributed by atoms with Gasteiger partial charge in [0.1, 0.15) is 0 Å². The van der Waals surface area contributed by atoms with Gasteiger partial charge in [0.25, 0.3) is 0 Å². The Bertz CT molecular complexity index is 506. The Morgan fingerprint density at radius 3 is 2.77 bits per heavy atom. The number of amides is 2. The van der Waals surface area contributed by atoms with Crippen molar-refractivity contribution in [2.45, 2.75) is 32.7 Å². The molecule has 1 fully saturated rings. The lowest BCUT2D eigenvalue weighted by Crippen LogP contribution is -2.46. The first-order chi connectivity index (χ1) is 10.6. The highest BCUT2D eigenvalue weighted by atomic mass is 16.2. The van der Waals surface area contributed by atoms with E-state index >= 15 is 0 Å². The molecule has 1 aliphatic rings. The van der Waals surface area contributed by atoms with E-state index in [1.54, 1.807) is 18.5 Å². The molecule has 2 heterocycles. The summed E-state index contributed by atoms with van der Waals surface area (Å²) < 4.78 is 0. The highest BCUT2D eigenvalue weighted by Gasteiger charge is 2.27. The lowest BCUT2D eigenvalue weighted by Gasteiger charge is -2.31. The van der Waals surface area contributed by atoms with Gasteiger partial charge in [-0.25, -0.2) is 9.97 Å². The Kier molecular flexibility index (Phi) is 5.68. The van der Waals surface area contributed by atoms with Crippen molar-refractivity contribution in [3.63, 3.8) is 0 Å². The largest absolute Gasteiger partial charge is 0.352 e. The van der Waals surface area contributed by atoms with Gasteiger partial charge in [-0.2, -0.15) is 0 Å². The van der Waals surface area contributed by atoms with Crippen LogP contribution in [0.15, 0.2) is 18.5 Å². The first-order valence-corrected chi connectivity index (χ1v) is 7.65. The van der Waals surface area contributed by atoms with Gasteiger partial charge in [-0.1, -0.05) is 0 Å². The molecule has 1 saturated heterocycles. The zero-order valence-corrected chi connectivity index (χ0v) is 13.1. The van der Waals surface area contributed by atoms with Crippen LogP contribution in [0.4, 0.5) is 5.95 Å². The van der Waals surface area contributed by atoms with E-state index in [-0.39, 0.29) is 30.3 Å². The van der Waals surface area contributed by atoms with Crippen LogP contribution in [0.5, 0.6) is 0 Å². The number of hydrogen-bond donors (Lipinski definition) is 2. The monoisotopic (exact) mass is 305 g/mol. The van der Waals surface area contributed by atoms with Crippen LogP contribution in [-0.2, 0) is 9.59 Å². The molecule has 2 amide bonds. The molecule has 22 heavy (non-hydrogen) atoms. The van der Waals surface area contributed by atoms with E-state index < -0.39 is 0 Å². The summed E-state index contributed by atoms with van der Waals surface area (Å²) >= 11 is 0. The maximum Gasteiger partial charge on any atom is 0.239 e. The first kappa shape index (κ1) is 16.2. The number of carbonyl (C=O) groups excluding carboxylic acids is 2. The highest BCUT2D eigenvalue weighted by molar-refractivity contribution is 5.86. The number of carbonyl (C=O) groups is 2. The molecule has 1 atom stereocenters. The van der Waals surface area contributed by atoms with Gasteiger partial charge < -0.3 is 15.5 Å². The molecule has 7 nitrogen and oxygen atoms in total. The van der Waals surface area contributed by atoms with Crippen LogP contribution >= 0.6 is 0 Å². The van der Waals surface area contributed by atoms with Crippen molar-refractivity contribution in [3.8, 4) is 0 Å². The minimum Gasteiger partial charge on any atom is -0.352 e. The predicted molar refractivity (Wildman–Crippen MR) is 83.3 cm³/mol. The molecule has 1 aromatic rings. The molecule has 120 valence electrons. The molecule has 0 saturated carbocycles. The normalized spacial score (nSPS) is 18.1. The summed E-state index contributed by atoms with van der Waals surface area (Å²) in [4.78, 5) is 34.2. The number of anilines is 1. The second-order valence-electron chi connectivity index (χ2n) is 5.77. The van der Waals surface area contributed by atoms with Crippen LogP contribution in [-0.4, -0.2) is 47.5 Å². The molecule has 0 aromatic carbocycles. The van der Waals surface area contributed by atoms with E-state index in [1.165, 1.54) is 0 Å². The summed E-state index contributed by atoms with van der Waals surface area (Å²) in [6.07, 6.45) is 5.13. The summed E-state index contributed by atoms with van der Waals surface area (Å²) in [5.74, 6) is 0.268. The maximum absolute atomic E-state index is 12.2. The van der Waals surface area contributed by atoms with Crippen LogP contribution < -0.4 is 15.5 Å². The fourth-order valence-electron chi connectivity index (χ4n) is 2.51. The summed E-state index contributed by atoms with van der Waals surface area (Å²) in [5.41, 5.74) is 0. The number of nitrogens with one attached hydrogen (secondary N) is 2. The third-order valence-electron chi connectivity index (χ3n) is 3.50. The maximum atomic E-state index is 12.2. The SMILES string of the molecule is CC(C)NC(=O)CNC(=O)C1CCCN(c2ncccn2)C1. The molecule has 0 radical (unpaired) electrons. The Morgan fingerprint density at radius 2 is 2.09 bits per heavy atom. The number of rotatable bonds is 5. The molecule has 1 unspecified atom stereocenters. The van der Waals surface area contributed by atoms with Crippen LogP contribution in [0, 0.1) is 5.92 Å². The molecule has 0 bridgehead atoms. The van der Waals surface area contributed by atoms with Crippen molar-refractivity contribution in [3.05, 3.63) is 18.5 Å². The van der Waals surface area contributed by atoms with Gasteiger partial charge in [-0.05, 0) is 32.8 Å². The van der Waals surface area contributed by atoms with Crippen LogP contribution in [0.2, 0.25) is 0 Å². The van der Waals surface area contributed by atoms with Gasteiger partial charge in [0, 0.05) is 31.5 Å². The third kappa shape index (κ3) is 4.68. The van der Waals surface area contributed by atoms with Gasteiger partial charge in [-0.15, -0.1) is 0 Å². The van der Waals surface area contributed by atoms with Gasteiger partial charge in [0.2, 0.25) is 17.8 Å². The number of nitrogens with zero attached hydrogens (tertiary/aromatic N) is 3. The highest BCUT2D eigenvalue weighted by Crippen LogP contribution is 2.19. The predicted octanol–water partition coefficient (Wildman–Crippen LogP) is 0.334.